The average Bonchev–Trinajstić information content (AvgIpc) is 3.67. The van der Waals surface area contributed by atoms with Gasteiger partial charge in [0.15, 0.2) is 33.3 Å². The first-order chi connectivity index (χ1) is 18.6. The van der Waals surface area contributed by atoms with Gasteiger partial charge in [-0.1, -0.05) is 48.4 Å². The maximum absolute atomic E-state index is 12.3. The lowest BCUT2D eigenvalue weighted by Crippen LogP contribution is -2.11. The Labute approximate surface area is 226 Å². The van der Waals surface area contributed by atoms with Crippen LogP contribution in [-0.2, 0) is 9.59 Å². The fourth-order valence-corrected chi connectivity index (χ4v) is 6.17. The van der Waals surface area contributed by atoms with E-state index in [1.165, 1.54) is 22.7 Å². The van der Waals surface area contributed by atoms with Gasteiger partial charge in [0.1, 0.15) is 0 Å². The van der Waals surface area contributed by atoms with Crippen LogP contribution < -0.4 is 29.6 Å². The van der Waals surface area contributed by atoms with Crippen LogP contribution in [0, 0.1) is 0 Å². The first-order valence-corrected chi connectivity index (χ1v) is 14.2. The molecule has 2 aliphatic rings. The van der Waals surface area contributed by atoms with Gasteiger partial charge in [0.05, 0.1) is 20.4 Å². The molecular formula is C26H26N4O6S2. The van der Waals surface area contributed by atoms with Gasteiger partial charge in [-0.15, -0.1) is 0 Å². The van der Waals surface area contributed by atoms with Gasteiger partial charge in [-0.25, -0.2) is 9.97 Å². The second-order valence-corrected chi connectivity index (χ2v) is 11.2. The minimum absolute atomic E-state index is 0.0275. The van der Waals surface area contributed by atoms with Crippen molar-refractivity contribution in [1.29, 1.82) is 0 Å². The van der Waals surface area contributed by atoms with E-state index in [1.54, 1.807) is 0 Å². The van der Waals surface area contributed by atoms with Crippen LogP contribution in [0.3, 0.4) is 0 Å². The number of carbonyl (C=O) groups excluding carboxylic acids is 2. The van der Waals surface area contributed by atoms with Crippen LogP contribution in [0.1, 0.15) is 51.4 Å². The monoisotopic (exact) mass is 554 g/mol. The number of hydrogen-bond donors (Lipinski definition) is 2. The van der Waals surface area contributed by atoms with Crippen molar-refractivity contribution in [2.24, 2.45) is 0 Å². The molecule has 0 aliphatic carbocycles. The van der Waals surface area contributed by atoms with Crippen LogP contribution in [0.4, 0.5) is 10.3 Å². The number of thiazole rings is 2. The summed E-state index contributed by atoms with van der Waals surface area (Å²) in [7, 11) is 0. The molecule has 4 aromatic rings. The van der Waals surface area contributed by atoms with E-state index in [1.807, 2.05) is 24.3 Å². The number of hydrogen-bond acceptors (Lipinski definition) is 10. The Morgan fingerprint density at radius 2 is 1.03 bits per heavy atom. The van der Waals surface area contributed by atoms with E-state index in [0.717, 1.165) is 59.0 Å². The SMILES string of the molecule is O=C(CCCCCCCCC(=O)Nc1nc2cc3c(cc2s1)OCO3)Nc1nc2cc3c(cc2s1)OCO3. The first kappa shape index (κ1) is 24.7. The zero-order valence-corrected chi connectivity index (χ0v) is 22.2. The van der Waals surface area contributed by atoms with Crippen molar-refractivity contribution in [3.8, 4) is 23.0 Å². The first-order valence-electron chi connectivity index (χ1n) is 12.6. The normalized spacial score (nSPS) is 13.4. The van der Waals surface area contributed by atoms with Gasteiger partial charge >= 0.3 is 0 Å². The largest absolute Gasteiger partial charge is 0.454 e. The van der Waals surface area contributed by atoms with Gasteiger partial charge in [0, 0.05) is 37.1 Å². The van der Waals surface area contributed by atoms with Gasteiger partial charge in [0.25, 0.3) is 0 Å². The van der Waals surface area contributed by atoms with E-state index in [-0.39, 0.29) is 25.4 Å². The Bertz CT molecular complexity index is 1310. The summed E-state index contributed by atoms with van der Waals surface area (Å²) in [5.41, 5.74) is 1.58. The molecule has 10 nitrogen and oxygen atoms in total. The Morgan fingerprint density at radius 3 is 1.47 bits per heavy atom. The van der Waals surface area contributed by atoms with E-state index < -0.39 is 0 Å². The number of rotatable bonds is 11. The fourth-order valence-electron chi connectivity index (χ4n) is 4.38. The molecule has 0 bridgehead atoms. The predicted molar refractivity (Wildman–Crippen MR) is 146 cm³/mol. The number of anilines is 2. The molecule has 12 heteroatoms. The van der Waals surface area contributed by atoms with Crippen LogP contribution in [0.5, 0.6) is 23.0 Å². The van der Waals surface area contributed by atoms with Gasteiger partial charge in [-0.2, -0.15) is 0 Å². The molecule has 38 heavy (non-hydrogen) atoms. The third kappa shape index (κ3) is 5.60. The van der Waals surface area contributed by atoms with Crippen molar-refractivity contribution >= 4 is 65.2 Å². The molecule has 0 fully saturated rings. The number of nitrogens with one attached hydrogen (secondary N) is 2. The number of fused-ring (bicyclic) bond motifs is 4. The van der Waals surface area contributed by atoms with Crippen molar-refractivity contribution in [3.63, 3.8) is 0 Å². The van der Waals surface area contributed by atoms with Crippen molar-refractivity contribution in [2.45, 2.75) is 51.4 Å². The van der Waals surface area contributed by atoms with E-state index >= 15 is 0 Å². The van der Waals surface area contributed by atoms with E-state index in [2.05, 4.69) is 20.6 Å². The highest BCUT2D eigenvalue weighted by Gasteiger charge is 2.18. The number of amides is 2. The Morgan fingerprint density at radius 1 is 0.632 bits per heavy atom. The summed E-state index contributed by atoms with van der Waals surface area (Å²) in [6, 6.07) is 7.47. The van der Waals surface area contributed by atoms with Gasteiger partial charge < -0.3 is 29.6 Å². The van der Waals surface area contributed by atoms with Gasteiger partial charge in [-0.3, -0.25) is 9.59 Å². The third-order valence-electron chi connectivity index (χ3n) is 6.32. The van der Waals surface area contributed by atoms with Crippen LogP contribution in [0.15, 0.2) is 24.3 Å². The molecule has 2 aromatic heterocycles. The molecule has 2 aromatic carbocycles. The number of carbonyl (C=O) groups is 2. The quantitative estimate of drug-likeness (QED) is 0.215. The highest BCUT2D eigenvalue weighted by atomic mass is 32.1. The van der Waals surface area contributed by atoms with Crippen molar-refractivity contribution < 1.29 is 28.5 Å². The predicted octanol–water partition coefficient (Wildman–Crippen LogP) is 6.06. The average molecular weight is 555 g/mol. The molecule has 0 atom stereocenters. The molecule has 6 rings (SSSR count). The highest BCUT2D eigenvalue weighted by Crippen LogP contribution is 2.40. The molecule has 0 unspecified atom stereocenters. The van der Waals surface area contributed by atoms with Crippen molar-refractivity contribution in [2.75, 3.05) is 24.2 Å². The summed E-state index contributed by atoms with van der Waals surface area (Å²) in [5, 5.41) is 6.97. The Kier molecular flexibility index (Phi) is 7.14. The molecule has 198 valence electrons. The maximum Gasteiger partial charge on any atom is 0.231 e. The van der Waals surface area contributed by atoms with E-state index in [4.69, 9.17) is 18.9 Å². The van der Waals surface area contributed by atoms with Crippen LogP contribution in [0.2, 0.25) is 0 Å². The van der Waals surface area contributed by atoms with Crippen LogP contribution in [0.25, 0.3) is 20.4 Å². The minimum Gasteiger partial charge on any atom is -0.454 e. The lowest BCUT2D eigenvalue weighted by molar-refractivity contribution is -0.117. The van der Waals surface area contributed by atoms with E-state index in [9.17, 15) is 9.59 Å². The zero-order valence-electron chi connectivity index (χ0n) is 20.5. The number of benzene rings is 2. The number of ether oxygens (including phenoxy) is 4. The molecule has 0 spiro atoms. The topological polar surface area (TPSA) is 121 Å². The molecule has 2 aliphatic heterocycles. The number of nitrogens with zero attached hydrogens (tertiary/aromatic N) is 2. The molecule has 0 radical (unpaired) electrons. The zero-order chi connectivity index (χ0) is 25.9. The third-order valence-corrected chi connectivity index (χ3v) is 8.18. The minimum atomic E-state index is -0.0275. The lowest BCUT2D eigenvalue weighted by atomic mass is 10.1. The molecule has 2 N–H and O–H groups in total. The summed E-state index contributed by atoms with van der Waals surface area (Å²) in [5.74, 6) is 2.73. The molecule has 0 saturated heterocycles. The molecule has 2 amide bonds. The molecule has 4 heterocycles. The van der Waals surface area contributed by atoms with E-state index in [0.29, 0.717) is 46.1 Å². The summed E-state index contributed by atoms with van der Waals surface area (Å²) < 4.78 is 23.5. The Balaban J connectivity index is 0.841. The highest BCUT2D eigenvalue weighted by molar-refractivity contribution is 7.22. The summed E-state index contributed by atoms with van der Waals surface area (Å²) in [4.78, 5) is 33.6. The molecule has 0 saturated carbocycles. The van der Waals surface area contributed by atoms with Crippen LogP contribution in [-0.4, -0.2) is 35.4 Å². The van der Waals surface area contributed by atoms with Gasteiger partial charge in [-0.05, 0) is 12.8 Å². The summed E-state index contributed by atoms with van der Waals surface area (Å²) >= 11 is 2.86. The van der Waals surface area contributed by atoms with Crippen molar-refractivity contribution in [3.05, 3.63) is 24.3 Å². The smallest absolute Gasteiger partial charge is 0.231 e. The summed E-state index contributed by atoms with van der Waals surface area (Å²) in [6.45, 7) is 0.455. The number of aromatic nitrogens is 2. The standard InChI is InChI=1S/C26H26N4O6S2/c31-23(29-25-27-15-9-17-19(35-13-33-17)11-21(15)37-25)7-5-3-1-2-4-6-8-24(32)30-26-28-16-10-18-20(36-14-34-18)12-22(16)38-26/h9-12H,1-8,13-14H2,(H,27,29,31)(H,28,30,32). The maximum atomic E-state index is 12.3. The second-order valence-electron chi connectivity index (χ2n) is 9.10. The van der Waals surface area contributed by atoms with Crippen molar-refractivity contribution in [1.82, 2.24) is 9.97 Å². The summed E-state index contributed by atoms with van der Waals surface area (Å²) in [6.07, 6.45) is 6.60. The Hall–Kier alpha value is -3.64. The van der Waals surface area contributed by atoms with Crippen LogP contribution >= 0.6 is 22.7 Å². The second kappa shape index (κ2) is 11.0. The van der Waals surface area contributed by atoms with Gasteiger partial charge in [0.2, 0.25) is 25.4 Å². The molecular weight excluding hydrogens is 528 g/mol. The lowest BCUT2D eigenvalue weighted by Gasteiger charge is -2.03. The number of unbranched alkanes of at least 4 members (excludes halogenated alkanes) is 5. The fraction of sp³-hybridized carbons (Fsp3) is 0.385.